The number of pyridine rings is 1. The summed E-state index contributed by atoms with van der Waals surface area (Å²) in [6, 6.07) is 14.5. The van der Waals surface area contributed by atoms with E-state index in [2.05, 4.69) is 33.8 Å². The Kier molecular flexibility index (Phi) is 4.64. The van der Waals surface area contributed by atoms with Crippen molar-refractivity contribution in [1.82, 2.24) is 14.8 Å². The van der Waals surface area contributed by atoms with Crippen LogP contribution < -0.4 is 0 Å². The minimum absolute atomic E-state index is 0.00620. The summed E-state index contributed by atoms with van der Waals surface area (Å²) in [5.41, 5.74) is 1.82. The summed E-state index contributed by atoms with van der Waals surface area (Å²) in [6.45, 7) is 4.00. The third-order valence-corrected chi connectivity index (χ3v) is 7.75. The molecule has 0 unspecified atom stereocenters. The molecule has 5 heteroatoms. The summed E-state index contributed by atoms with van der Waals surface area (Å²) in [6.07, 6.45) is 8.21. The van der Waals surface area contributed by atoms with Gasteiger partial charge in [0.05, 0.1) is 17.6 Å². The van der Waals surface area contributed by atoms with E-state index < -0.39 is 0 Å². The van der Waals surface area contributed by atoms with Gasteiger partial charge in [0.15, 0.2) is 0 Å². The van der Waals surface area contributed by atoms with Crippen LogP contribution in [0.1, 0.15) is 55.5 Å². The fourth-order valence-electron chi connectivity index (χ4n) is 6.56. The zero-order chi connectivity index (χ0) is 20.9. The molecular weight excluding hydrogens is 374 g/mol. The Morgan fingerprint density at radius 3 is 2.47 bits per heavy atom. The average molecular weight is 404 g/mol. The molecule has 2 amide bonds. The molecule has 5 atom stereocenters. The van der Waals surface area contributed by atoms with Crippen molar-refractivity contribution in [3.8, 4) is 0 Å². The van der Waals surface area contributed by atoms with Crippen molar-refractivity contribution in [2.24, 2.45) is 5.41 Å². The fourth-order valence-corrected chi connectivity index (χ4v) is 6.56. The molecule has 156 valence electrons. The number of benzene rings is 1. The van der Waals surface area contributed by atoms with Crippen molar-refractivity contribution in [2.45, 2.75) is 70.1 Å². The maximum atomic E-state index is 13.7. The summed E-state index contributed by atoms with van der Waals surface area (Å²) in [5.74, 6) is 0.194. The van der Waals surface area contributed by atoms with Crippen LogP contribution in [0.5, 0.6) is 0 Å². The number of carbonyl (C=O) groups excluding carboxylic acids is 2. The van der Waals surface area contributed by atoms with E-state index in [4.69, 9.17) is 0 Å². The van der Waals surface area contributed by atoms with E-state index in [0.29, 0.717) is 5.56 Å². The van der Waals surface area contributed by atoms with Crippen LogP contribution in [-0.2, 0) is 11.2 Å². The smallest absolute Gasteiger partial charge is 0.256 e. The molecule has 2 aliphatic heterocycles. The van der Waals surface area contributed by atoms with Crippen molar-refractivity contribution in [3.05, 3.63) is 66.0 Å². The number of piperidine rings is 1. The van der Waals surface area contributed by atoms with Crippen LogP contribution in [0.3, 0.4) is 0 Å². The Hall–Kier alpha value is -2.69. The second-order valence-electron chi connectivity index (χ2n) is 9.38. The Labute approximate surface area is 178 Å². The normalized spacial score (nSPS) is 32.2. The fraction of sp³-hybridized carbons (Fsp3) is 0.480. The molecule has 3 aliphatic rings. The minimum atomic E-state index is -0.0420. The van der Waals surface area contributed by atoms with E-state index in [1.807, 2.05) is 30.3 Å². The van der Waals surface area contributed by atoms with Crippen LogP contribution in [0.2, 0.25) is 0 Å². The quantitative estimate of drug-likeness (QED) is 0.785. The molecule has 0 spiro atoms. The molecule has 1 saturated carbocycles. The van der Waals surface area contributed by atoms with E-state index >= 15 is 0 Å². The molecule has 1 aromatic heterocycles. The topological polar surface area (TPSA) is 53.5 Å². The molecule has 1 aliphatic carbocycles. The molecule has 0 radical (unpaired) electrons. The van der Waals surface area contributed by atoms with Crippen LogP contribution >= 0.6 is 0 Å². The van der Waals surface area contributed by atoms with Gasteiger partial charge in [0.25, 0.3) is 5.91 Å². The average Bonchev–Trinajstić information content (AvgIpc) is 3.07. The zero-order valence-electron chi connectivity index (χ0n) is 17.7. The lowest BCUT2D eigenvalue weighted by Crippen LogP contribution is -2.62. The first-order chi connectivity index (χ1) is 14.5. The maximum Gasteiger partial charge on any atom is 0.256 e. The van der Waals surface area contributed by atoms with Crippen molar-refractivity contribution in [1.29, 1.82) is 0 Å². The van der Waals surface area contributed by atoms with Gasteiger partial charge in [-0.25, -0.2) is 0 Å². The van der Waals surface area contributed by atoms with Crippen molar-refractivity contribution < 1.29 is 9.59 Å². The van der Waals surface area contributed by atoms with Gasteiger partial charge >= 0.3 is 0 Å². The molecule has 2 aromatic rings. The number of hydrogen-bond donors (Lipinski definition) is 0. The van der Waals surface area contributed by atoms with Crippen LogP contribution in [0.15, 0.2) is 54.9 Å². The standard InChI is InChI=1S/C25H29N3O2/c1-17(29)27-20(14-18-8-4-3-5-9-18)21-15-25(2)22(27)11-6-12-23(25)28(21)24(30)19-10-7-13-26-16-19/h3-5,7-10,13,16,20-23H,6,11-12,14-15H2,1-2H3/t20-,21+,22-,23+,25-/m1/s1. The first kappa shape index (κ1) is 19.3. The highest BCUT2D eigenvalue weighted by atomic mass is 16.2. The summed E-state index contributed by atoms with van der Waals surface area (Å²) in [7, 11) is 0. The van der Waals surface area contributed by atoms with Gasteiger partial charge in [-0.3, -0.25) is 14.6 Å². The Morgan fingerprint density at radius 1 is 1.07 bits per heavy atom. The second-order valence-corrected chi connectivity index (χ2v) is 9.38. The van der Waals surface area contributed by atoms with Gasteiger partial charge in [-0.2, -0.15) is 0 Å². The SMILES string of the molecule is CC(=O)N1[C@H](Cc2ccccc2)[C@@H]2C[C@@]3(C)[C@H](CCC[C@@H]13)N2C(=O)c1cccnc1. The van der Waals surface area contributed by atoms with Crippen molar-refractivity contribution >= 4 is 11.8 Å². The molecule has 5 nitrogen and oxygen atoms in total. The van der Waals surface area contributed by atoms with E-state index in [1.54, 1.807) is 19.3 Å². The lowest BCUT2D eigenvalue weighted by atomic mass is 9.64. The third kappa shape index (κ3) is 2.86. The van der Waals surface area contributed by atoms with Crippen LogP contribution in [0.25, 0.3) is 0 Å². The highest BCUT2D eigenvalue weighted by molar-refractivity contribution is 5.95. The Balaban J connectivity index is 1.59. The summed E-state index contributed by atoms with van der Waals surface area (Å²) < 4.78 is 0. The molecule has 1 aromatic carbocycles. The monoisotopic (exact) mass is 403 g/mol. The van der Waals surface area contributed by atoms with Crippen LogP contribution in [0.4, 0.5) is 0 Å². The Bertz CT molecular complexity index is 947. The summed E-state index contributed by atoms with van der Waals surface area (Å²) in [4.78, 5) is 35.1. The molecule has 2 bridgehead atoms. The molecule has 30 heavy (non-hydrogen) atoms. The van der Waals surface area contributed by atoms with Crippen LogP contribution in [-0.4, -0.2) is 50.8 Å². The predicted octanol–water partition coefficient (Wildman–Crippen LogP) is 3.70. The molecule has 3 heterocycles. The number of hydrogen-bond acceptors (Lipinski definition) is 3. The molecular formula is C25H29N3O2. The molecule has 3 fully saturated rings. The Morgan fingerprint density at radius 2 is 1.80 bits per heavy atom. The molecule has 2 saturated heterocycles. The summed E-state index contributed by atoms with van der Waals surface area (Å²) >= 11 is 0. The number of carbonyl (C=O) groups is 2. The number of rotatable bonds is 3. The zero-order valence-corrected chi connectivity index (χ0v) is 17.7. The first-order valence-electron chi connectivity index (χ1n) is 11.1. The van der Waals surface area contributed by atoms with E-state index in [9.17, 15) is 9.59 Å². The predicted molar refractivity (Wildman–Crippen MR) is 115 cm³/mol. The molecule has 5 rings (SSSR count). The number of fused-ring (bicyclic) bond motifs is 1. The van der Waals surface area contributed by atoms with Gasteiger partial charge in [-0.15, -0.1) is 0 Å². The van der Waals surface area contributed by atoms with Crippen molar-refractivity contribution in [2.75, 3.05) is 0 Å². The van der Waals surface area contributed by atoms with Gasteiger partial charge in [-0.05, 0) is 49.8 Å². The first-order valence-corrected chi connectivity index (χ1v) is 11.1. The third-order valence-electron chi connectivity index (χ3n) is 7.75. The van der Waals surface area contributed by atoms with E-state index in [1.165, 1.54) is 5.56 Å². The van der Waals surface area contributed by atoms with E-state index in [-0.39, 0.29) is 41.4 Å². The summed E-state index contributed by atoms with van der Waals surface area (Å²) in [5, 5.41) is 0. The van der Waals surface area contributed by atoms with Crippen LogP contribution in [0, 0.1) is 5.41 Å². The second kappa shape index (κ2) is 7.22. The van der Waals surface area contributed by atoms with E-state index in [0.717, 1.165) is 32.1 Å². The lowest BCUT2D eigenvalue weighted by molar-refractivity contribution is -0.142. The highest BCUT2D eigenvalue weighted by Crippen LogP contribution is 2.56. The number of nitrogens with zero attached hydrogens (tertiary/aromatic N) is 3. The molecule has 0 N–H and O–H groups in total. The number of likely N-dealkylation sites (tertiary alicyclic amines) is 2. The van der Waals surface area contributed by atoms with Gasteiger partial charge in [0, 0.05) is 36.8 Å². The lowest BCUT2D eigenvalue weighted by Gasteiger charge is -2.52. The minimum Gasteiger partial charge on any atom is -0.334 e. The van der Waals surface area contributed by atoms with Crippen molar-refractivity contribution in [3.63, 3.8) is 0 Å². The van der Waals surface area contributed by atoms with Gasteiger partial charge in [-0.1, -0.05) is 37.3 Å². The number of aromatic nitrogens is 1. The maximum absolute atomic E-state index is 13.7. The van der Waals surface area contributed by atoms with Gasteiger partial charge < -0.3 is 9.80 Å². The highest BCUT2D eigenvalue weighted by Gasteiger charge is 2.64. The van der Waals surface area contributed by atoms with Gasteiger partial charge in [0.2, 0.25) is 5.91 Å². The number of amides is 2. The van der Waals surface area contributed by atoms with Gasteiger partial charge in [0.1, 0.15) is 0 Å². The largest absolute Gasteiger partial charge is 0.334 e.